The monoisotopic (exact) mass is 528 g/mol. The fourth-order valence-corrected chi connectivity index (χ4v) is 4.06. The Morgan fingerprint density at radius 2 is 1.68 bits per heavy atom. The lowest BCUT2D eigenvalue weighted by Crippen LogP contribution is -2.28. The zero-order chi connectivity index (χ0) is 27.3. The molecule has 0 atom stereocenters. The van der Waals surface area contributed by atoms with E-state index in [1.807, 2.05) is 72.8 Å². The van der Waals surface area contributed by atoms with Crippen LogP contribution in [0.1, 0.15) is 30.5 Å². The van der Waals surface area contributed by atoms with Crippen molar-refractivity contribution in [2.75, 3.05) is 11.9 Å². The first-order valence-corrected chi connectivity index (χ1v) is 12.2. The van der Waals surface area contributed by atoms with Crippen molar-refractivity contribution in [1.82, 2.24) is 9.78 Å². The maximum absolute atomic E-state index is 12.5. The molecule has 1 aromatic heterocycles. The Kier molecular flexibility index (Phi) is 7.79. The number of carbonyl (C=O) groups is 2. The van der Waals surface area contributed by atoms with Gasteiger partial charge in [-0.05, 0) is 54.3 Å². The number of nitriles is 1. The number of rotatable bonds is 8. The Morgan fingerprint density at radius 3 is 2.29 bits per heavy atom. The molecule has 1 heterocycles. The van der Waals surface area contributed by atoms with Gasteiger partial charge < -0.3 is 9.84 Å². The van der Waals surface area contributed by atoms with E-state index in [4.69, 9.17) is 16.3 Å². The molecule has 4 aromatic rings. The van der Waals surface area contributed by atoms with Crippen molar-refractivity contribution in [3.8, 4) is 22.9 Å². The van der Waals surface area contributed by atoms with E-state index >= 15 is 0 Å². The van der Waals surface area contributed by atoms with Gasteiger partial charge in [-0.3, -0.25) is 10.1 Å². The Morgan fingerprint density at radius 1 is 1.05 bits per heavy atom. The molecule has 0 saturated heterocycles. The minimum Gasteiger partial charge on any atom is -0.481 e. The van der Waals surface area contributed by atoms with Crippen LogP contribution in [0.5, 0.6) is 0 Å². The number of aromatic nitrogens is 2. The van der Waals surface area contributed by atoms with Crippen LogP contribution in [0.2, 0.25) is 5.02 Å². The van der Waals surface area contributed by atoms with Crippen molar-refractivity contribution < 1.29 is 19.4 Å². The van der Waals surface area contributed by atoms with Crippen molar-refractivity contribution in [3.63, 3.8) is 0 Å². The van der Waals surface area contributed by atoms with Gasteiger partial charge >= 0.3 is 12.1 Å². The van der Waals surface area contributed by atoms with Gasteiger partial charge in [0.25, 0.3) is 0 Å². The van der Waals surface area contributed by atoms with Crippen molar-refractivity contribution >= 4 is 29.5 Å². The highest BCUT2D eigenvalue weighted by Gasteiger charge is 2.29. The number of hydrogen-bond donors (Lipinski definition) is 2. The van der Waals surface area contributed by atoms with E-state index in [0.717, 1.165) is 16.7 Å². The van der Waals surface area contributed by atoms with Gasteiger partial charge in [0.2, 0.25) is 0 Å². The van der Waals surface area contributed by atoms with Gasteiger partial charge in [0.05, 0.1) is 23.9 Å². The smallest absolute Gasteiger partial charge is 0.412 e. The molecule has 192 valence electrons. The molecule has 0 saturated carbocycles. The Labute approximate surface area is 225 Å². The highest BCUT2D eigenvalue weighted by molar-refractivity contribution is 6.31. The number of halogens is 1. The maximum Gasteiger partial charge on any atom is 0.412 e. The van der Waals surface area contributed by atoms with Crippen LogP contribution in [-0.2, 0) is 21.4 Å². The zero-order valence-corrected chi connectivity index (χ0v) is 21.6. The van der Waals surface area contributed by atoms with E-state index in [2.05, 4.69) is 10.4 Å². The number of benzene rings is 3. The summed E-state index contributed by atoms with van der Waals surface area (Å²) < 4.78 is 6.75. The summed E-state index contributed by atoms with van der Waals surface area (Å²) >= 11 is 6.14. The van der Waals surface area contributed by atoms with Gasteiger partial charge in [-0.25, -0.2) is 9.48 Å². The van der Waals surface area contributed by atoms with Crippen LogP contribution < -0.4 is 5.32 Å². The first kappa shape index (κ1) is 26.5. The number of nitrogens with zero attached hydrogens (tertiary/aromatic N) is 3. The molecule has 3 aromatic carbocycles. The molecule has 38 heavy (non-hydrogen) atoms. The second-order valence-electron chi connectivity index (χ2n) is 9.09. The number of anilines is 1. The van der Waals surface area contributed by atoms with E-state index < -0.39 is 17.5 Å². The Balaban J connectivity index is 1.47. The van der Waals surface area contributed by atoms with Crippen LogP contribution in [0.3, 0.4) is 0 Å². The summed E-state index contributed by atoms with van der Waals surface area (Å²) in [5.74, 6) is -0.692. The molecule has 9 heteroatoms. The summed E-state index contributed by atoms with van der Waals surface area (Å²) in [6.07, 6.45) is 1.11. The molecule has 0 bridgehead atoms. The second kappa shape index (κ2) is 11.2. The number of aliphatic carboxylic acids is 1. The van der Waals surface area contributed by atoms with Gasteiger partial charge in [-0.15, -0.1) is 0 Å². The van der Waals surface area contributed by atoms with E-state index in [1.54, 1.807) is 19.9 Å². The lowest BCUT2D eigenvalue weighted by atomic mass is 9.84. The molecule has 0 radical (unpaired) electrons. The molecule has 0 unspecified atom stereocenters. The van der Waals surface area contributed by atoms with Crippen molar-refractivity contribution in [2.24, 2.45) is 0 Å². The van der Waals surface area contributed by atoms with E-state index in [0.29, 0.717) is 22.7 Å². The van der Waals surface area contributed by atoms with Crippen molar-refractivity contribution in [2.45, 2.75) is 25.7 Å². The fraction of sp³-hybridized carbons (Fsp3) is 0.172. The van der Waals surface area contributed by atoms with Crippen LogP contribution in [0.25, 0.3) is 16.8 Å². The van der Waals surface area contributed by atoms with E-state index in [1.165, 1.54) is 10.9 Å². The van der Waals surface area contributed by atoms with Crippen LogP contribution in [-0.4, -0.2) is 33.6 Å². The highest BCUT2D eigenvalue weighted by Crippen LogP contribution is 2.28. The molecule has 2 N–H and O–H groups in total. The number of carboxylic acid groups (broad SMARTS) is 1. The molecule has 8 nitrogen and oxygen atoms in total. The van der Waals surface area contributed by atoms with Crippen LogP contribution in [0, 0.1) is 11.3 Å². The van der Waals surface area contributed by atoms with Crippen molar-refractivity contribution in [1.29, 1.82) is 5.26 Å². The lowest BCUT2D eigenvalue weighted by molar-refractivity contribution is -0.142. The maximum atomic E-state index is 12.5. The van der Waals surface area contributed by atoms with E-state index in [9.17, 15) is 20.0 Å². The third kappa shape index (κ3) is 5.69. The average Bonchev–Trinajstić information content (AvgIpc) is 3.32. The molecule has 0 spiro atoms. The first-order chi connectivity index (χ1) is 18.2. The number of ether oxygens (including phenoxy) is 1. The summed E-state index contributed by atoms with van der Waals surface area (Å²) in [6, 6.07) is 24.1. The number of hydrogen-bond acceptors (Lipinski definition) is 5. The molecule has 0 aliphatic rings. The van der Waals surface area contributed by atoms with Crippen LogP contribution in [0.15, 0.2) is 79.0 Å². The van der Waals surface area contributed by atoms with Crippen LogP contribution in [0.4, 0.5) is 10.6 Å². The predicted molar refractivity (Wildman–Crippen MR) is 145 cm³/mol. The predicted octanol–water partition coefficient (Wildman–Crippen LogP) is 6.22. The number of carbonyl (C=O) groups excluding carboxylic acids is 1. The SMILES string of the molecule is CC(C)(C(=O)O)c1ccc(-c2ccc(-n3ncc(C#N)c3NC(=O)OCCc3ccccc3Cl)cc2)cc1. The van der Waals surface area contributed by atoms with Crippen LogP contribution >= 0.6 is 11.6 Å². The number of carboxylic acids is 1. The third-order valence-electron chi connectivity index (χ3n) is 6.26. The second-order valence-corrected chi connectivity index (χ2v) is 9.49. The minimum atomic E-state index is -0.986. The molecule has 0 aliphatic carbocycles. The van der Waals surface area contributed by atoms with Gasteiger partial charge in [0.1, 0.15) is 11.6 Å². The molecule has 1 amide bonds. The summed E-state index contributed by atoms with van der Waals surface area (Å²) in [4.78, 5) is 24.0. The molecular weight excluding hydrogens is 504 g/mol. The molecule has 4 rings (SSSR count). The van der Waals surface area contributed by atoms with Gasteiger partial charge in [0, 0.05) is 11.4 Å². The average molecular weight is 529 g/mol. The number of nitrogens with one attached hydrogen (secondary N) is 1. The largest absolute Gasteiger partial charge is 0.481 e. The summed E-state index contributed by atoms with van der Waals surface area (Å²) in [7, 11) is 0. The molecule has 0 fully saturated rings. The van der Waals surface area contributed by atoms with E-state index in [-0.39, 0.29) is 18.0 Å². The van der Waals surface area contributed by atoms with Gasteiger partial charge in [-0.1, -0.05) is 66.2 Å². The topological polar surface area (TPSA) is 117 Å². The Bertz CT molecular complexity index is 1500. The zero-order valence-electron chi connectivity index (χ0n) is 20.8. The standard InChI is InChI=1S/C29H25ClN4O4/c1-29(2,27(35)36)23-11-7-19(8-12-23)20-9-13-24(14-10-20)34-26(22(17-31)18-32-34)33-28(37)38-16-15-21-5-3-4-6-25(21)30/h3-14,18H,15-16H2,1-2H3,(H,33,37)(H,35,36). The third-order valence-corrected chi connectivity index (χ3v) is 6.63. The number of amides is 1. The lowest BCUT2D eigenvalue weighted by Gasteiger charge is -2.19. The quantitative estimate of drug-likeness (QED) is 0.280. The summed E-state index contributed by atoms with van der Waals surface area (Å²) in [5, 5.41) is 26.4. The normalized spacial score (nSPS) is 11.0. The molecule has 0 aliphatic heterocycles. The molecular formula is C29H25ClN4O4. The summed E-state index contributed by atoms with van der Waals surface area (Å²) in [6.45, 7) is 3.45. The minimum absolute atomic E-state index is 0.114. The summed E-state index contributed by atoms with van der Waals surface area (Å²) in [5.41, 5.74) is 3.24. The Hall–Kier alpha value is -4.61. The van der Waals surface area contributed by atoms with Crippen molar-refractivity contribution in [3.05, 3.63) is 101 Å². The highest BCUT2D eigenvalue weighted by atomic mass is 35.5. The fourth-order valence-electron chi connectivity index (χ4n) is 3.83. The first-order valence-electron chi connectivity index (χ1n) is 11.8. The van der Waals surface area contributed by atoms with Gasteiger partial charge in [-0.2, -0.15) is 10.4 Å². The van der Waals surface area contributed by atoms with Gasteiger partial charge in [0.15, 0.2) is 5.82 Å².